The minimum Gasteiger partial charge on any atom is -0.385 e. The van der Waals surface area contributed by atoms with Crippen molar-refractivity contribution in [3.8, 4) is 0 Å². The maximum absolute atomic E-state index is 13.0. The van der Waals surface area contributed by atoms with Crippen LogP contribution in [0.15, 0.2) is 6.07 Å². The van der Waals surface area contributed by atoms with Gasteiger partial charge in [0, 0.05) is 26.3 Å². The van der Waals surface area contributed by atoms with E-state index in [9.17, 15) is 13.2 Å². The van der Waals surface area contributed by atoms with Crippen molar-refractivity contribution in [1.29, 1.82) is 0 Å². The van der Waals surface area contributed by atoms with Gasteiger partial charge in [-0.3, -0.25) is 0 Å². The molecule has 0 unspecified atom stereocenters. The van der Waals surface area contributed by atoms with Crippen LogP contribution in [0.4, 0.5) is 19.0 Å². The highest BCUT2D eigenvalue weighted by Gasteiger charge is 2.10. The largest absolute Gasteiger partial charge is 0.385 e. The van der Waals surface area contributed by atoms with Crippen molar-refractivity contribution in [1.82, 2.24) is 4.98 Å². The van der Waals surface area contributed by atoms with E-state index in [2.05, 4.69) is 10.3 Å². The average Bonchev–Trinajstić information content (AvgIpc) is 2.20. The van der Waals surface area contributed by atoms with Crippen molar-refractivity contribution >= 4 is 5.82 Å². The van der Waals surface area contributed by atoms with Crippen molar-refractivity contribution < 1.29 is 17.9 Å². The van der Waals surface area contributed by atoms with Gasteiger partial charge in [0.25, 0.3) is 5.95 Å². The molecule has 1 rings (SSSR count). The summed E-state index contributed by atoms with van der Waals surface area (Å²) < 4.78 is 42.8. The number of anilines is 1. The number of pyridine rings is 1. The van der Waals surface area contributed by atoms with Crippen LogP contribution in [-0.2, 0) is 4.74 Å². The van der Waals surface area contributed by atoms with E-state index in [0.717, 1.165) is 0 Å². The van der Waals surface area contributed by atoms with Gasteiger partial charge in [-0.05, 0) is 6.42 Å². The van der Waals surface area contributed by atoms with Crippen LogP contribution >= 0.6 is 0 Å². The number of methoxy groups -OCH3 is 1. The van der Waals surface area contributed by atoms with Crippen LogP contribution < -0.4 is 5.32 Å². The van der Waals surface area contributed by atoms with Crippen molar-refractivity contribution in [3.05, 3.63) is 23.6 Å². The third-order valence-electron chi connectivity index (χ3n) is 1.70. The van der Waals surface area contributed by atoms with Crippen molar-refractivity contribution in [2.75, 3.05) is 25.6 Å². The zero-order valence-corrected chi connectivity index (χ0v) is 8.19. The Morgan fingerprint density at radius 1 is 1.33 bits per heavy atom. The predicted octanol–water partition coefficient (Wildman–Crippen LogP) is 1.95. The predicted molar refractivity (Wildman–Crippen MR) is 49.1 cm³/mol. The smallest absolute Gasteiger partial charge is 0.251 e. The van der Waals surface area contributed by atoms with E-state index in [1.54, 1.807) is 0 Å². The summed E-state index contributed by atoms with van der Waals surface area (Å²) in [5.74, 6) is -3.81. The zero-order valence-electron chi connectivity index (χ0n) is 8.19. The van der Waals surface area contributed by atoms with E-state index in [-0.39, 0.29) is 5.82 Å². The number of nitrogens with zero attached hydrogens (tertiary/aromatic N) is 1. The SMILES string of the molecule is COCCCNc1nc(F)c(F)cc1F. The number of rotatable bonds is 5. The normalized spacial score (nSPS) is 10.4. The lowest BCUT2D eigenvalue weighted by Crippen LogP contribution is -2.09. The maximum Gasteiger partial charge on any atom is 0.251 e. The standard InChI is InChI=1S/C9H11F3N2O/c1-15-4-2-3-13-9-7(11)5-6(10)8(12)14-9/h5H,2-4H2,1H3,(H,13,14). The molecule has 0 atom stereocenters. The summed E-state index contributed by atoms with van der Waals surface area (Å²) in [6, 6.07) is 0.459. The van der Waals surface area contributed by atoms with E-state index < -0.39 is 17.6 Å². The van der Waals surface area contributed by atoms with E-state index >= 15 is 0 Å². The summed E-state index contributed by atoms with van der Waals surface area (Å²) in [6.45, 7) is 0.876. The fourth-order valence-corrected chi connectivity index (χ4v) is 0.991. The van der Waals surface area contributed by atoms with Gasteiger partial charge in [0.15, 0.2) is 17.5 Å². The van der Waals surface area contributed by atoms with Crippen LogP contribution in [0.3, 0.4) is 0 Å². The molecule has 0 aliphatic carbocycles. The summed E-state index contributed by atoms with van der Waals surface area (Å²) in [7, 11) is 1.54. The van der Waals surface area contributed by atoms with Crippen molar-refractivity contribution in [2.45, 2.75) is 6.42 Å². The molecule has 0 spiro atoms. The molecule has 1 aromatic rings. The van der Waals surface area contributed by atoms with E-state index in [4.69, 9.17) is 4.74 Å². The Kier molecular flexibility index (Phi) is 4.36. The Morgan fingerprint density at radius 2 is 2.07 bits per heavy atom. The summed E-state index contributed by atoms with van der Waals surface area (Å²) >= 11 is 0. The number of nitrogens with one attached hydrogen (secondary N) is 1. The van der Waals surface area contributed by atoms with Crippen LogP contribution in [0, 0.1) is 17.6 Å². The Balaban J connectivity index is 2.57. The second kappa shape index (κ2) is 5.55. The molecule has 0 bridgehead atoms. The molecule has 6 heteroatoms. The Morgan fingerprint density at radius 3 is 2.73 bits per heavy atom. The second-order valence-corrected chi connectivity index (χ2v) is 2.86. The van der Waals surface area contributed by atoms with E-state index in [0.29, 0.717) is 25.6 Å². The van der Waals surface area contributed by atoms with Crippen LogP contribution in [0.5, 0.6) is 0 Å². The molecule has 0 aliphatic rings. The third kappa shape index (κ3) is 3.39. The Hall–Kier alpha value is -1.30. The molecule has 1 aromatic heterocycles. The first kappa shape index (κ1) is 11.8. The summed E-state index contributed by atoms with van der Waals surface area (Å²) in [5.41, 5.74) is 0. The second-order valence-electron chi connectivity index (χ2n) is 2.86. The summed E-state index contributed by atoms with van der Waals surface area (Å²) in [4.78, 5) is 3.10. The lowest BCUT2D eigenvalue weighted by atomic mass is 10.4. The fraction of sp³-hybridized carbons (Fsp3) is 0.444. The van der Waals surface area contributed by atoms with Gasteiger partial charge in [-0.2, -0.15) is 9.37 Å². The number of ether oxygens (including phenoxy) is 1. The molecule has 0 aromatic carbocycles. The van der Waals surface area contributed by atoms with Gasteiger partial charge in [0.05, 0.1) is 0 Å². The third-order valence-corrected chi connectivity index (χ3v) is 1.70. The van der Waals surface area contributed by atoms with Gasteiger partial charge in [0.2, 0.25) is 0 Å². The Bertz CT molecular complexity index is 333. The van der Waals surface area contributed by atoms with Crippen LogP contribution in [0.25, 0.3) is 0 Å². The number of hydrogen-bond acceptors (Lipinski definition) is 3. The molecular formula is C9H11F3N2O. The molecular weight excluding hydrogens is 209 g/mol. The summed E-state index contributed by atoms with van der Waals surface area (Å²) in [6.07, 6.45) is 0.622. The quantitative estimate of drug-likeness (QED) is 0.608. The monoisotopic (exact) mass is 220 g/mol. The van der Waals surface area contributed by atoms with Gasteiger partial charge in [-0.1, -0.05) is 0 Å². The molecule has 1 N–H and O–H groups in total. The van der Waals surface area contributed by atoms with Crippen LogP contribution in [0.2, 0.25) is 0 Å². The summed E-state index contributed by atoms with van der Waals surface area (Å²) in [5, 5.41) is 2.54. The average molecular weight is 220 g/mol. The maximum atomic E-state index is 13.0. The zero-order chi connectivity index (χ0) is 11.3. The molecule has 15 heavy (non-hydrogen) atoms. The molecule has 0 saturated carbocycles. The molecule has 1 heterocycles. The van der Waals surface area contributed by atoms with Gasteiger partial charge in [0.1, 0.15) is 0 Å². The minimum atomic E-state index is -1.31. The van der Waals surface area contributed by atoms with Crippen LogP contribution in [-0.4, -0.2) is 25.2 Å². The molecule has 0 fully saturated rings. The van der Waals surface area contributed by atoms with E-state index in [1.807, 2.05) is 0 Å². The minimum absolute atomic E-state index is 0.287. The first-order valence-corrected chi connectivity index (χ1v) is 4.39. The number of hydrogen-bond donors (Lipinski definition) is 1. The molecule has 3 nitrogen and oxygen atoms in total. The van der Waals surface area contributed by atoms with Gasteiger partial charge >= 0.3 is 0 Å². The highest BCUT2D eigenvalue weighted by atomic mass is 19.2. The number of aromatic nitrogens is 1. The topological polar surface area (TPSA) is 34.1 Å². The highest BCUT2D eigenvalue weighted by molar-refractivity contribution is 5.35. The lowest BCUT2D eigenvalue weighted by Gasteiger charge is -2.06. The van der Waals surface area contributed by atoms with Crippen molar-refractivity contribution in [3.63, 3.8) is 0 Å². The van der Waals surface area contributed by atoms with E-state index in [1.165, 1.54) is 7.11 Å². The van der Waals surface area contributed by atoms with Crippen LogP contribution in [0.1, 0.15) is 6.42 Å². The molecule has 84 valence electrons. The van der Waals surface area contributed by atoms with Gasteiger partial charge < -0.3 is 10.1 Å². The molecule has 0 amide bonds. The highest BCUT2D eigenvalue weighted by Crippen LogP contribution is 2.13. The van der Waals surface area contributed by atoms with Crippen molar-refractivity contribution in [2.24, 2.45) is 0 Å². The Labute approximate surface area is 85.3 Å². The lowest BCUT2D eigenvalue weighted by molar-refractivity contribution is 0.197. The molecule has 0 saturated heterocycles. The first-order chi connectivity index (χ1) is 7.15. The fourth-order valence-electron chi connectivity index (χ4n) is 0.991. The van der Waals surface area contributed by atoms with Gasteiger partial charge in [-0.25, -0.2) is 8.78 Å². The number of halogens is 3. The van der Waals surface area contributed by atoms with Gasteiger partial charge in [-0.15, -0.1) is 0 Å². The first-order valence-electron chi connectivity index (χ1n) is 4.39. The molecule has 0 radical (unpaired) electrons. The molecule has 0 aliphatic heterocycles.